The molecule has 5 nitrogen and oxygen atoms in total. The van der Waals surface area contributed by atoms with Crippen molar-refractivity contribution in [3.8, 4) is 6.07 Å². The minimum absolute atomic E-state index is 0.276. The van der Waals surface area contributed by atoms with Gasteiger partial charge in [0.05, 0.1) is 12.7 Å². The van der Waals surface area contributed by atoms with Crippen LogP contribution in [0.2, 0.25) is 0 Å². The molecule has 0 atom stereocenters. The number of nitriles is 1. The van der Waals surface area contributed by atoms with Crippen LogP contribution in [0, 0.1) is 18.3 Å². The first-order chi connectivity index (χ1) is 12.4. The van der Waals surface area contributed by atoms with E-state index >= 15 is 0 Å². The Labute approximate surface area is 156 Å². The van der Waals surface area contributed by atoms with Crippen LogP contribution in [0.3, 0.4) is 0 Å². The van der Waals surface area contributed by atoms with Crippen LogP contribution in [-0.4, -0.2) is 19.0 Å². The van der Waals surface area contributed by atoms with Crippen molar-refractivity contribution in [3.63, 3.8) is 0 Å². The van der Waals surface area contributed by atoms with Crippen LogP contribution >= 0.6 is 11.3 Å². The van der Waals surface area contributed by atoms with Gasteiger partial charge in [-0.3, -0.25) is 4.79 Å². The fraction of sp³-hybridized carbons (Fsp3) is 0.250. The second-order valence-electron chi connectivity index (χ2n) is 6.01. The number of carbonyl (C=O) groups excluding carboxylic acids is 2. The Hall–Kier alpha value is -2.91. The van der Waals surface area contributed by atoms with Gasteiger partial charge in [-0.05, 0) is 35.6 Å². The Morgan fingerprint density at radius 3 is 2.46 bits per heavy atom. The molecular formula is C20H20N2O3S. The molecule has 0 aliphatic rings. The SMILES string of the molecule is COC(=O)c1sc(NC(=O)/C=C/c2ccc(C(C)C)cc2)c(C#N)c1C. The van der Waals surface area contributed by atoms with Gasteiger partial charge in [0.15, 0.2) is 0 Å². The summed E-state index contributed by atoms with van der Waals surface area (Å²) < 4.78 is 4.70. The van der Waals surface area contributed by atoms with E-state index in [4.69, 9.17) is 4.74 Å². The van der Waals surface area contributed by atoms with Gasteiger partial charge in [-0.2, -0.15) is 5.26 Å². The molecule has 2 aromatic rings. The van der Waals surface area contributed by atoms with Gasteiger partial charge in [0.1, 0.15) is 15.9 Å². The minimum atomic E-state index is -0.523. The average molecular weight is 368 g/mol. The molecule has 2 rings (SSSR count). The summed E-state index contributed by atoms with van der Waals surface area (Å²) in [7, 11) is 1.28. The average Bonchev–Trinajstić information content (AvgIpc) is 2.94. The second-order valence-corrected chi connectivity index (χ2v) is 7.03. The number of rotatable bonds is 5. The van der Waals surface area contributed by atoms with Gasteiger partial charge in [0.2, 0.25) is 5.91 Å². The van der Waals surface area contributed by atoms with Crippen molar-refractivity contribution in [1.29, 1.82) is 5.26 Å². The maximum atomic E-state index is 12.2. The number of nitrogens with one attached hydrogen (secondary N) is 1. The van der Waals surface area contributed by atoms with Crippen LogP contribution in [-0.2, 0) is 9.53 Å². The van der Waals surface area contributed by atoms with Gasteiger partial charge in [-0.1, -0.05) is 38.1 Å². The van der Waals surface area contributed by atoms with Crippen molar-refractivity contribution in [1.82, 2.24) is 0 Å². The number of esters is 1. The van der Waals surface area contributed by atoms with Crippen molar-refractivity contribution in [2.75, 3.05) is 12.4 Å². The number of amides is 1. The summed E-state index contributed by atoms with van der Waals surface area (Å²) >= 11 is 1.04. The van der Waals surface area contributed by atoms with Gasteiger partial charge in [0, 0.05) is 6.08 Å². The van der Waals surface area contributed by atoms with Gasteiger partial charge < -0.3 is 10.1 Å². The quantitative estimate of drug-likeness (QED) is 0.623. The summed E-state index contributed by atoms with van der Waals surface area (Å²) in [5.41, 5.74) is 2.92. The first-order valence-electron chi connectivity index (χ1n) is 8.08. The monoisotopic (exact) mass is 368 g/mol. The highest BCUT2D eigenvalue weighted by Crippen LogP contribution is 2.32. The van der Waals surface area contributed by atoms with Gasteiger partial charge in [-0.25, -0.2) is 4.79 Å². The summed E-state index contributed by atoms with van der Waals surface area (Å²) in [6.07, 6.45) is 3.10. The molecule has 1 amide bonds. The Kier molecular flexibility index (Phi) is 6.31. The van der Waals surface area contributed by atoms with Crippen LogP contribution < -0.4 is 5.32 Å². The fourth-order valence-corrected chi connectivity index (χ4v) is 3.42. The van der Waals surface area contributed by atoms with Crippen LogP contribution in [0.15, 0.2) is 30.3 Å². The minimum Gasteiger partial charge on any atom is -0.465 e. The molecule has 0 saturated carbocycles. The van der Waals surface area contributed by atoms with Crippen molar-refractivity contribution < 1.29 is 14.3 Å². The van der Waals surface area contributed by atoms with E-state index in [9.17, 15) is 14.9 Å². The highest BCUT2D eigenvalue weighted by molar-refractivity contribution is 7.18. The molecule has 0 spiro atoms. The van der Waals surface area contributed by atoms with Gasteiger partial charge in [0.25, 0.3) is 0 Å². The van der Waals surface area contributed by atoms with E-state index in [-0.39, 0.29) is 11.5 Å². The summed E-state index contributed by atoms with van der Waals surface area (Å²) in [6, 6.07) is 9.98. The van der Waals surface area contributed by atoms with E-state index < -0.39 is 5.97 Å². The number of carbonyl (C=O) groups is 2. The normalized spacial score (nSPS) is 10.8. The van der Waals surface area contributed by atoms with Crippen molar-refractivity contribution in [2.45, 2.75) is 26.7 Å². The zero-order valence-electron chi connectivity index (χ0n) is 15.1. The summed E-state index contributed by atoms with van der Waals surface area (Å²) in [5.74, 6) is -0.441. The van der Waals surface area contributed by atoms with Crippen LogP contribution in [0.1, 0.15) is 51.7 Å². The van der Waals surface area contributed by atoms with Crippen LogP contribution in [0.4, 0.5) is 5.00 Å². The maximum Gasteiger partial charge on any atom is 0.348 e. The Morgan fingerprint density at radius 1 is 1.27 bits per heavy atom. The summed E-state index contributed by atoms with van der Waals surface area (Å²) in [4.78, 5) is 24.2. The molecule has 1 N–H and O–H groups in total. The van der Waals surface area contributed by atoms with E-state index in [1.807, 2.05) is 30.3 Å². The maximum absolute atomic E-state index is 12.2. The van der Waals surface area contributed by atoms with E-state index in [1.165, 1.54) is 18.7 Å². The molecule has 0 saturated heterocycles. The molecular weight excluding hydrogens is 348 g/mol. The highest BCUT2D eigenvalue weighted by Gasteiger charge is 2.21. The third-order valence-electron chi connectivity index (χ3n) is 3.90. The molecule has 6 heteroatoms. The summed E-state index contributed by atoms with van der Waals surface area (Å²) in [5, 5.41) is 12.3. The number of methoxy groups -OCH3 is 1. The molecule has 0 fully saturated rings. The molecule has 1 aromatic carbocycles. The third kappa shape index (κ3) is 4.38. The van der Waals surface area contributed by atoms with E-state index in [2.05, 4.69) is 19.2 Å². The molecule has 134 valence electrons. The molecule has 0 unspecified atom stereocenters. The number of ether oxygens (including phenoxy) is 1. The van der Waals surface area contributed by atoms with Crippen molar-refractivity contribution in [3.05, 3.63) is 57.5 Å². The zero-order chi connectivity index (χ0) is 19.3. The molecule has 0 aliphatic carbocycles. The zero-order valence-corrected chi connectivity index (χ0v) is 15.9. The van der Waals surface area contributed by atoms with Crippen molar-refractivity contribution in [2.24, 2.45) is 0 Å². The first-order valence-corrected chi connectivity index (χ1v) is 8.89. The number of anilines is 1. The van der Waals surface area contributed by atoms with Crippen LogP contribution in [0.25, 0.3) is 6.08 Å². The fourth-order valence-electron chi connectivity index (χ4n) is 2.34. The molecule has 0 radical (unpaired) electrons. The molecule has 0 aliphatic heterocycles. The molecule has 1 aromatic heterocycles. The standard InChI is InChI=1S/C20H20N2O3S/c1-12(2)15-8-5-14(6-9-15)7-10-17(23)22-19-16(11-21)13(3)18(26-19)20(24)25-4/h5-10,12H,1-4H3,(H,22,23)/b10-7+. The lowest BCUT2D eigenvalue weighted by atomic mass is 10.0. The number of nitrogens with zero attached hydrogens (tertiary/aromatic N) is 1. The number of thiophene rings is 1. The molecule has 26 heavy (non-hydrogen) atoms. The molecule has 0 bridgehead atoms. The summed E-state index contributed by atoms with van der Waals surface area (Å²) in [6.45, 7) is 5.90. The lowest BCUT2D eigenvalue weighted by Crippen LogP contribution is -2.07. The number of hydrogen-bond donors (Lipinski definition) is 1. The largest absolute Gasteiger partial charge is 0.465 e. The Balaban J connectivity index is 2.15. The lowest BCUT2D eigenvalue weighted by Gasteiger charge is -2.04. The highest BCUT2D eigenvalue weighted by atomic mass is 32.1. The Morgan fingerprint density at radius 2 is 1.92 bits per heavy atom. The number of hydrogen-bond acceptors (Lipinski definition) is 5. The Bertz CT molecular complexity index is 887. The van der Waals surface area contributed by atoms with E-state index in [0.717, 1.165) is 16.9 Å². The predicted octanol–water partition coefficient (Wildman–Crippen LogP) is 4.49. The topological polar surface area (TPSA) is 79.2 Å². The molecule has 1 heterocycles. The van der Waals surface area contributed by atoms with Gasteiger partial charge >= 0.3 is 5.97 Å². The van der Waals surface area contributed by atoms with E-state index in [1.54, 1.807) is 13.0 Å². The van der Waals surface area contributed by atoms with Crippen molar-refractivity contribution >= 4 is 34.3 Å². The smallest absolute Gasteiger partial charge is 0.348 e. The first kappa shape index (κ1) is 19.4. The third-order valence-corrected chi connectivity index (χ3v) is 5.08. The lowest BCUT2D eigenvalue weighted by molar-refractivity contribution is -0.111. The van der Waals surface area contributed by atoms with Gasteiger partial charge in [-0.15, -0.1) is 11.3 Å². The second kappa shape index (κ2) is 8.45. The van der Waals surface area contributed by atoms with E-state index in [0.29, 0.717) is 21.4 Å². The number of benzene rings is 1. The predicted molar refractivity (Wildman–Crippen MR) is 103 cm³/mol. The van der Waals surface area contributed by atoms with Crippen LogP contribution in [0.5, 0.6) is 0 Å².